The van der Waals surface area contributed by atoms with Gasteiger partial charge < -0.3 is 14.8 Å². The number of carbonyl (C=O) groups is 1. The summed E-state index contributed by atoms with van der Waals surface area (Å²) < 4.78 is 10.7. The van der Waals surface area contributed by atoms with Gasteiger partial charge in [0.15, 0.2) is 0 Å². The Kier molecular flexibility index (Phi) is 6.98. The lowest BCUT2D eigenvalue weighted by Gasteiger charge is -2.14. The first-order chi connectivity index (χ1) is 11.2. The molecular weight excluding hydrogens is 290 g/mol. The number of hydrogen-bond donors (Lipinski definition) is 1. The lowest BCUT2D eigenvalue weighted by atomic mass is 9.97. The fourth-order valence-corrected chi connectivity index (χ4v) is 3.00. The zero-order valence-corrected chi connectivity index (χ0v) is 14.2. The first kappa shape index (κ1) is 17.4. The minimum atomic E-state index is 0.0781. The second-order valence-electron chi connectivity index (χ2n) is 5.85. The van der Waals surface area contributed by atoms with E-state index in [1.165, 1.54) is 31.3 Å². The molecule has 0 saturated carbocycles. The Morgan fingerprint density at radius 2 is 1.87 bits per heavy atom. The summed E-state index contributed by atoms with van der Waals surface area (Å²) in [6.45, 7) is 0.730. The normalized spacial score (nSPS) is 14.1. The third-order valence-corrected chi connectivity index (χ3v) is 4.29. The number of amides is 1. The molecule has 1 amide bonds. The quantitative estimate of drug-likeness (QED) is 0.745. The molecule has 0 spiro atoms. The molecule has 0 saturated heterocycles. The topological polar surface area (TPSA) is 47.6 Å². The number of nitrogens with one attached hydrogen (secondary N) is 1. The van der Waals surface area contributed by atoms with Crippen LogP contribution in [0.2, 0.25) is 0 Å². The molecule has 126 valence electrons. The van der Waals surface area contributed by atoms with Gasteiger partial charge in [-0.05, 0) is 50.7 Å². The molecule has 2 rings (SSSR count). The van der Waals surface area contributed by atoms with Gasteiger partial charge in [0.2, 0.25) is 5.91 Å². The van der Waals surface area contributed by atoms with Gasteiger partial charge in [0.1, 0.15) is 11.5 Å². The molecule has 0 atom stereocenters. The van der Waals surface area contributed by atoms with Gasteiger partial charge in [-0.1, -0.05) is 17.7 Å². The first-order valence-corrected chi connectivity index (χ1v) is 8.39. The molecule has 0 heterocycles. The van der Waals surface area contributed by atoms with Crippen LogP contribution < -0.4 is 14.8 Å². The average molecular weight is 317 g/mol. The molecule has 23 heavy (non-hydrogen) atoms. The van der Waals surface area contributed by atoms with Crippen molar-refractivity contribution in [3.8, 4) is 11.5 Å². The van der Waals surface area contributed by atoms with Gasteiger partial charge in [-0.25, -0.2) is 0 Å². The van der Waals surface area contributed by atoms with Gasteiger partial charge >= 0.3 is 0 Å². The number of allylic oxidation sites excluding steroid dienone is 1. The Hall–Kier alpha value is -1.97. The monoisotopic (exact) mass is 317 g/mol. The number of rotatable bonds is 8. The maximum absolute atomic E-state index is 12.0. The van der Waals surface area contributed by atoms with Gasteiger partial charge in [0, 0.05) is 18.5 Å². The summed E-state index contributed by atoms with van der Waals surface area (Å²) in [5.41, 5.74) is 2.44. The molecule has 1 N–H and O–H groups in total. The molecule has 4 nitrogen and oxygen atoms in total. The Morgan fingerprint density at radius 1 is 1.13 bits per heavy atom. The summed E-state index contributed by atoms with van der Waals surface area (Å²) in [5, 5.41) is 3.01. The van der Waals surface area contributed by atoms with E-state index in [0.717, 1.165) is 30.0 Å². The van der Waals surface area contributed by atoms with Crippen LogP contribution in [0.3, 0.4) is 0 Å². The maximum atomic E-state index is 12.0. The van der Waals surface area contributed by atoms with Crippen LogP contribution in [0.1, 0.15) is 44.1 Å². The Bertz CT molecular complexity index is 529. The van der Waals surface area contributed by atoms with E-state index in [0.29, 0.717) is 12.8 Å². The van der Waals surface area contributed by atoms with Crippen molar-refractivity contribution in [1.82, 2.24) is 5.32 Å². The molecule has 0 radical (unpaired) electrons. The van der Waals surface area contributed by atoms with E-state index in [1.54, 1.807) is 14.2 Å². The van der Waals surface area contributed by atoms with Crippen LogP contribution in [-0.4, -0.2) is 26.7 Å². The Labute approximate surface area is 138 Å². The Balaban J connectivity index is 1.79. The predicted molar refractivity (Wildman–Crippen MR) is 92.0 cm³/mol. The van der Waals surface area contributed by atoms with Gasteiger partial charge in [-0.15, -0.1) is 0 Å². The van der Waals surface area contributed by atoms with Crippen molar-refractivity contribution < 1.29 is 14.3 Å². The highest BCUT2D eigenvalue weighted by molar-refractivity contribution is 5.76. The highest BCUT2D eigenvalue weighted by Crippen LogP contribution is 2.29. The molecule has 1 aromatic rings. The lowest BCUT2D eigenvalue weighted by molar-refractivity contribution is -0.121. The second kappa shape index (κ2) is 9.23. The van der Waals surface area contributed by atoms with Crippen LogP contribution >= 0.6 is 0 Å². The number of methoxy groups -OCH3 is 2. The fraction of sp³-hybridized carbons (Fsp3) is 0.526. The van der Waals surface area contributed by atoms with Crippen molar-refractivity contribution in [3.63, 3.8) is 0 Å². The molecule has 0 bridgehead atoms. The van der Waals surface area contributed by atoms with Crippen LogP contribution in [0.5, 0.6) is 11.5 Å². The smallest absolute Gasteiger partial charge is 0.220 e. The number of benzene rings is 1. The van der Waals surface area contributed by atoms with Crippen LogP contribution in [0.25, 0.3) is 0 Å². The number of hydrogen-bond acceptors (Lipinski definition) is 3. The standard InChI is InChI=1S/C19H27NO3/c1-22-17-9-6-10-18(23-2)16(17)11-12-19(21)20-14-13-15-7-4-3-5-8-15/h6-7,9-10H,3-5,8,11-14H2,1-2H3,(H,20,21). The third-order valence-electron chi connectivity index (χ3n) is 4.29. The van der Waals surface area contributed by atoms with Crippen LogP contribution in [0, 0.1) is 0 Å². The first-order valence-electron chi connectivity index (χ1n) is 8.39. The molecule has 0 aliphatic heterocycles. The van der Waals surface area contributed by atoms with Crippen molar-refractivity contribution >= 4 is 5.91 Å². The van der Waals surface area contributed by atoms with Crippen molar-refractivity contribution in [2.24, 2.45) is 0 Å². The lowest BCUT2D eigenvalue weighted by Crippen LogP contribution is -2.25. The van der Waals surface area contributed by atoms with Crippen molar-refractivity contribution in [1.29, 1.82) is 0 Å². The van der Waals surface area contributed by atoms with E-state index in [2.05, 4.69) is 11.4 Å². The highest BCUT2D eigenvalue weighted by Gasteiger charge is 2.12. The summed E-state index contributed by atoms with van der Waals surface area (Å²) >= 11 is 0. The predicted octanol–water partition coefficient (Wildman–Crippen LogP) is 3.64. The van der Waals surface area contributed by atoms with Crippen LogP contribution in [-0.2, 0) is 11.2 Å². The summed E-state index contributed by atoms with van der Waals surface area (Å²) in [7, 11) is 3.27. The summed E-state index contributed by atoms with van der Waals surface area (Å²) in [6, 6.07) is 5.68. The number of carbonyl (C=O) groups excluding carboxylic acids is 1. The van der Waals surface area contributed by atoms with Crippen LogP contribution in [0.4, 0.5) is 0 Å². The van der Waals surface area contributed by atoms with Crippen molar-refractivity contribution in [2.75, 3.05) is 20.8 Å². The fourth-order valence-electron chi connectivity index (χ4n) is 3.00. The zero-order valence-electron chi connectivity index (χ0n) is 14.2. The Morgan fingerprint density at radius 3 is 2.48 bits per heavy atom. The molecule has 0 unspecified atom stereocenters. The maximum Gasteiger partial charge on any atom is 0.220 e. The van der Waals surface area contributed by atoms with Crippen LogP contribution in [0.15, 0.2) is 29.8 Å². The average Bonchev–Trinajstić information content (AvgIpc) is 2.60. The van der Waals surface area contributed by atoms with Gasteiger partial charge in [-0.3, -0.25) is 4.79 Å². The second-order valence-corrected chi connectivity index (χ2v) is 5.85. The van der Waals surface area contributed by atoms with E-state index in [9.17, 15) is 4.79 Å². The van der Waals surface area contributed by atoms with Gasteiger partial charge in [0.05, 0.1) is 14.2 Å². The van der Waals surface area contributed by atoms with E-state index in [-0.39, 0.29) is 5.91 Å². The van der Waals surface area contributed by atoms with Gasteiger partial charge in [-0.2, -0.15) is 0 Å². The highest BCUT2D eigenvalue weighted by atomic mass is 16.5. The molecule has 0 fully saturated rings. The van der Waals surface area contributed by atoms with Gasteiger partial charge in [0.25, 0.3) is 0 Å². The molecule has 1 aromatic carbocycles. The molecule has 1 aliphatic carbocycles. The minimum Gasteiger partial charge on any atom is -0.496 e. The van der Waals surface area contributed by atoms with E-state index < -0.39 is 0 Å². The van der Waals surface area contributed by atoms with E-state index in [1.807, 2.05) is 18.2 Å². The molecular formula is C19H27NO3. The molecule has 4 heteroatoms. The summed E-state index contributed by atoms with van der Waals surface area (Å²) in [6.07, 6.45) is 9.33. The molecule has 0 aromatic heterocycles. The van der Waals surface area contributed by atoms with E-state index >= 15 is 0 Å². The zero-order chi connectivity index (χ0) is 16.5. The van der Waals surface area contributed by atoms with Crippen molar-refractivity contribution in [2.45, 2.75) is 44.9 Å². The SMILES string of the molecule is COc1cccc(OC)c1CCC(=O)NCCC1=CCCCC1. The van der Waals surface area contributed by atoms with Crippen molar-refractivity contribution in [3.05, 3.63) is 35.4 Å². The number of ether oxygens (including phenoxy) is 2. The third kappa shape index (κ3) is 5.31. The summed E-state index contributed by atoms with van der Waals surface area (Å²) in [5.74, 6) is 1.61. The largest absolute Gasteiger partial charge is 0.496 e. The molecule has 1 aliphatic rings. The summed E-state index contributed by atoms with van der Waals surface area (Å²) in [4.78, 5) is 12.0. The van der Waals surface area contributed by atoms with E-state index in [4.69, 9.17) is 9.47 Å². The minimum absolute atomic E-state index is 0.0781.